The number of halogens is 2. The first kappa shape index (κ1) is 23.0. The molecule has 2 aromatic carbocycles. The van der Waals surface area contributed by atoms with Crippen molar-refractivity contribution in [3.63, 3.8) is 0 Å². The molecule has 1 fully saturated rings. The molecule has 1 N–H and O–H groups in total. The number of aromatic nitrogens is 1. The number of carbonyl (C=O) groups is 2. The molecule has 0 atom stereocenters. The fraction of sp³-hybridized carbons (Fsp3) is 0.125. The largest absolute Gasteiger partial charge is 0.495 e. The molecule has 0 spiro atoms. The summed E-state index contributed by atoms with van der Waals surface area (Å²) < 4.78 is 7.35. The maximum Gasteiger partial charge on any atom is 0.270 e. The van der Waals surface area contributed by atoms with Crippen LogP contribution in [-0.4, -0.2) is 28.6 Å². The van der Waals surface area contributed by atoms with Gasteiger partial charge in [0.2, 0.25) is 0 Å². The number of para-hydroxylation sites is 2. The van der Waals surface area contributed by atoms with Crippen LogP contribution in [0.25, 0.3) is 11.8 Å². The molecule has 0 saturated carbocycles. The number of benzene rings is 2. The van der Waals surface area contributed by atoms with Gasteiger partial charge in [-0.1, -0.05) is 35.3 Å². The predicted molar refractivity (Wildman–Crippen MR) is 134 cm³/mol. The number of carbonyl (C=O) groups excluding carboxylic acids is 2. The second kappa shape index (κ2) is 9.02. The first-order valence-electron chi connectivity index (χ1n) is 9.91. The summed E-state index contributed by atoms with van der Waals surface area (Å²) in [5.41, 5.74) is 3.67. The van der Waals surface area contributed by atoms with E-state index in [1.807, 2.05) is 30.5 Å². The number of aryl methyl sites for hydroxylation is 1. The molecule has 1 aliphatic heterocycles. The predicted octanol–water partition coefficient (Wildman–Crippen LogP) is 5.24. The van der Waals surface area contributed by atoms with Gasteiger partial charge < -0.3 is 9.30 Å². The number of rotatable bonds is 4. The summed E-state index contributed by atoms with van der Waals surface area (Å²) in [6.45, 7) is 3.83. The van der Waals surface area contributed by atoms with Gasteiger partial charge in [-0.25, -0.2) is 4.90 Å². The third kappa shape index (κ3) is 4.15. The maximum atomic E-state index is 13.4. The Morgan fingerprint density at radius 1 is 1.03 bits per heavy atom. The number of amides is 2. The molecule has 2 amide bonds. The fourth-order valence-corrected chi connectivity index (χ4v) is 4.37. The van der Waals surface area contributed by atoms with E-state index in [4.69, 9.17) is 40.2 Å². The summed E-state index contributed by atoms with van der Waals surface area (Å²) in [7, 11) is 1.50. The zero-order valence-electron chi connectivity index (χ0n) is 18.0. The zero-order chi connectivity index (χ0) is 23.9. The second-order valence-corrected chi connectivity index (χ2v) is 8.59. The first-order valence-corrected chi connectivity index (χ1v) is 11.1. The van der Waals surface area contributed by atoms with Gasteiger partial charge in [0.15, 0.2) is 5.11 Å². The van der Waals surface area contributed by atoms with Gasteiger partial charge in [0.1, 0.15) is 11.3 Å². The minimum Gasteiger partial charge on any atom is -0.495 e. The molecule has 0 unspecified atom stereocenters. The maximum absolute atomic E-state index is 13.4. The highest BCUT2D eigenvalue weighted by molar-refractivity contribution is 7.80. The molecule has 0 aliphatic carbocycles. The summed E-state index contributed by atoms with van der Waals surface area (Å²) in [4.78, 5) is 27.4. The zero-order valence-corrected chi connectivity index (χ0v) is 20.3. The lowest BCUT2D eigenvalue weighted by Gasteiger charge is -2.29. The van der Waals surface area contributed by atoms with E-state index in [-0.39, 0.29) is 10.7 Å². The molecule has 4 rings (SSSR count). The molecule has 168 valence electrons. The van der Waals surface area contributed by atoms with Gasteiger partial charge in [0, 0.05) is 17.1 Å². The van der Waals surface area contributed by atoms with Crippen LogP contribution in [-0.2, 0) is 9.59 Å². The standard InChI is InChI=1S/C24H19Cl2N3O3S/c1-13-10-15(14(2)28(13)16-8-9-18(25)19(26)12-16)11-17-22(30)27-24(33)29(23(17)31)20-6-4-5-7-21(20)32-3/h4-12H,1-3H3,(H,27,30,33)/b17-11-. The van der Waals surface area contributed by atoms with Crippen LogP contribution in [0.1, 0.15) is 17.0 Å². The normalized spacial score (nSPS) is 15.2. The molecular formula is C24H19Cl2N3O3S. The van der Waals surface area contributed by atoms with Crippen molar-refractivity contribution in [2.75, 3.05) is 12.0 Å². The van der Waals surface area contributed by atoms with E-state index in [1.165, 1.54) is 12.0 Å². The van der Waals surface area contributed by atoms with Gasteiger partial charge in [0.25, 0.3) is 11.8 Å². The number of hydrogen-bond acceptors (Lipinski definition) is 4. The third-order valence-corrected chi connectivity index (χ3v) is 6.38. The lowest BCUT2D eigenvalue weighted by molar-refractivity contribution is -0.122. The fourth-order valence-electron chi connectivity index (χ4n) is 3.80. The molecule has 6 nitrogen and oxygen atoms in total. The van der Waals surface area contributed by atoms with E-state index < -0.39 is 11.8 Å². The van der Waals surface area contributed by atoms with E-state index in [2.05, 4.69) is 5.32 Å². The van der Waals surface area contributed by atoms with Crippen molar-refractivity contribution in [2.24, 2.45) is 0 Å². The van der Waals surface area contributed by atoms with Crippen molar-refractivity contribution in [3.05, 3.63) is 81.1 Å². The van der Waals surface area contributed by atoms with Gasteiger partial charge in [-0.3, -0.25) is 14.9 Å². The Bertz CT molecular complexity index is 1350. The summed E-state index contributed by atoms with van der Waals surface area (Å²) in [6, 6.07) is 14.2. The van der Waals surface area contributed by atoms with Crippen molar-refractivity contribution in [1.29, 1.82) is 0 Å². The van der Waals surface area contributed by atoms with Crippen LogP contribution in [0.15, 0.2) is 54.1 Å². The topological polar surface area (TPSA) is 63.6 Å². The molecule has 9 heteroatoms. The molecule has 33 heavy (non-hydrogen) atoms. The Morgan fingerprint density at radius 3 is 2.45 bits per heavy atom. The highest BCUT2D eigenvalue weighted by atomic mass is 35.5. The first-order chi connectivity index (χ1) is 15.7. The van der Waals surface area contributed by atoms with Gasteiger partial charge >= 0.3 is 0 Å². The van der Waals surface area contributed by atoms with E-state index in [1.54, 1.807) is 42.5 Å². The van der Waals surface area contributed by atoms with Gasteiger partial charge in [-0.15, -0.1) is 0 Å². The van der Waals surface area contributed by atoms with E-state index in [9.17, 15) is 9.59 Å². The quantitative estimate of drug-likeness (QED) is 0.302. The molecule has 2 heterocycles. The average Bonchev–Trinajstić information content (AvgIpc) is 3.06. The molecule has 0 radical (unpaired) electrons. The SMILES string of the molecule is COc1ccccc1N1C(=O)/C(=C\c2cc(C)n(-c3ccc(Cl)c(Cl)c3)c2C)C(=O)NC1=S. The Kier molecular flexibility index (Phi) is 6.30. The third-order valence-electron chi connectivity index (χ3n) is 5.36. The smallest absolute Gasteiger partial charge is 0.270 e. The number of ether oxygens (including phenoxy) is 1. The van der Waals surface area contributed by atoms with Crippen molar-refractivity contribution >= 4 is 64.1 Å². The van der Waals surface area contributed by atoms with Crippen LogP contribution in [0, 0.1) is 13.8 Å². The summed E-state index contributed by atoms with van der Waals surface area (Å²) >= 11 is 17.5. The lowest BCUT2D eigenvalue weighted by atomic mass is 10.1. The minimum absolute atomic E-state index is 0.00655. The van der Waals surface area contributed by atoms with Crippen molar-refractivity contribution in [3.8, 4) is 11.4 Å². The average molecular weight is 500 g/mol. The van der Waals surface area contributed by atoms with Gasteiger partial charge in [0.05, 0.1) is 22.8 Å². The number of anilines is 1. The van der Waals surface area contributed by atoms with Crippen LogP contribution in [0.3, 0.4) is 0 Å². The summed E-state index contributed by atoms with van der Waals surface area (Å²) in [5.74, 6) is -0.635. The minimum atomic E-state index is -0.560. The Labute approximate surface area is 206 Å². The summed E-state index contributed by atoms with van der Waals surface area (Å²) in [5, 5.41) is 3.49. The van der Waals surface area contributed by atoms with Crippen LogP contribution in [0.5, 0.6) is 5.75 Å². The molecule has 1 saturated heterocycles. The second-order valence-electron chi connectivity index (χ2n) is 7.39. The van der Waals surface area contributed by atoms with Gasteiger partial charge in [-0.2, -0.15) is 0 Å². The number of nitrogens with one attached hydrogen (secondary N) is 1. The Hall–Kier alpha value is -3.13. The Morgan fingerprint density at radius 2 is 1.76 bits per heavy atom. The molecular weight excluding hydrogens is 481 g/mol. The number of hydrogen-bond donors (Lipinski definition) is 1. The van der Waals surface area contributed by atoms with Crippen LogP contribution in [0.4, 0.5) is 5.69 Å². The van der Waals surface area contributed by atoms with E-state index >= 15 is 0 Å². The van der Waals surface area contributed by atoms with Crippen LogP contribution < -0.4 is 15.0 Å². The molecule has 3 aromatic rings. The Balaban J connectivity index is 1.78. The molecule has 1 aliphatic rings. The molecule has 0 bridgehead atoms. The monoisotopic (exact) mass is 499 g/mol. The number of nitrogens with zero attached hydrogens (tertiary/aromatic N) is 2. The van der Waals surface area contributed by atoms with E-state index in [0.29, 0.717) is 27.0 Å². The van der Waals surface area contributed by atoms with Crippen molar-refractivity contribution in [2.45, 2.75) is 13.8 Å². The summed E-state index contributed by atoms with van der Waals surface area (Å²) in [6.07, 6.45) is 1.57. The van der Waals surface area contributed by atoms with Crippen molar-refractivity contribution < 1.29 is 14.3 Å². The number of methoxy groups -OCH3 is 1. The van der Waals surface area contributed by atoms with Crippen LogP contribution in [0.2, 0.25) is 10.0 Å². The van der Waals surface area contributed by atoms with E-state index in [0.717, 1.165) is 17.1 Å². The number of thiocarbonyl (C=S) groups is 1. The highest BCUT2D eigenvalue weighted by Crippen LogP contribution is 2.32. The van der Waals surface area contributed by atoms with Crippen LogP contribution >= 0.6 is 35.4 Å². The van der Waals surface area contributed by atoms with Gasteiger partial charge in [-0.05, 0) is 74.1 Å². The highest BCUT2D eigenvalue weighted by Gasteiger charge is 2.36. The lowest BCUT2D eigenvalue weighted by Crippen LogP contribution is -2.54. The molecule has 1 aromatic heterocycles. The van der Waals surface area contributed by atoms with Crippen molar-refractivity contribution in [1.82, 2.24) is 9.88 Å².